The second-order valence-electron chi connectivity index (χ2n) is 15.2. The van der Waals surface area contributed by atoms with Gasteiger partial charge in [0, 0.05) is 27.3 Å². The molecule has 0 atom stereocenters. The van der Waals surface area contributed by atoms with Crippen LogP contribution < -0.4 is 0 Å². The fourth-order valence-electron chi connectivity index (χ4n) is 8.78. The van der Waals surface area contributed by atoms with E-state index in [2.05, 4.69) is 160 Å². The molecule has 4 heteroatoms. The van der Waals surface area contributed by atoms with Crippen LogP contribution in [0, 0.1) is 13.8 Å². The molecule has 0 fully saturated rings. The molecule has 0 N–H and O–H groups in total. The second-order valence-corrected chi connectivity index (χ2v) is 15.2. The molecule has 0 aliphatic heterocycles. The summed E-state index contributed by atoms with van der Waals surface area (Å²) < 4.78 is 2.25. The van der Waals surface area contributed by atoms with E-state index in [-0.39, 0.29) is 5.41 Å². The number of aromatic nitrogens is 4. The number of aryl methyl sites for hydroxylation is 1. The number of allylic oxidation sites excluding steroid dienone is 4. The van der Waals surface area contributed by atoms with Gasteiger partial charge in [0.25, 0.3) is 0 Å². The van der Waals surface area contributed by atoms with Crippen molar-refractivity contribution in [3.8, 4) is 50.7 Å². The van der Waals surface area contributed by atoms with E-state index in [1.54, 1.807) is 0 Å². The van der Waals surface area contributed by atoms with Crippen LogP contribution in [0.3, 0.4) is 0 Å². The maximum atomic E-state index is 5.20. The lowest BCUT2D eigenvalue weighted by Crippen LogP contribution is -2.15. The van der Waals surface area contributed by atoms with Crippen LogP contribution in [-0.4, -0.2) is 19.5 Å². The van der Waals surface area contributed by atoms with Gasteiger partial charge in [0.15, 0.2) is 11.6 Å². The first kappa shape index (κ1) is 32.3. The topological polar surface area (TPSA) is 43.6 Å². The summed E-state index contributed by atoms with van der Waals surface area (Å²) in [4.78, 5) is 15.4. The van der Waals surface area contributed by atoms with Crippen LogP contribution in [0.5, 0.6) is 0 Å². The maximum Gasteiger partial charge on any atom is 0.238 e. The van der Waals surface area contributed by atoms with E-state index in [1.165, 1.54) is 66.4 Å². The summed E-state index contributed by atoms with van der Waals surface area (Å²) >= 11 is 0. The molecule has 0 radical (unpaired) electrons. The summed E-state index contributed by atoms with van der Waals surface area (Å²) in [5.74, 6) is 1.99. The first-order chi connectivity index (χ1) is 26.4. The number of hydrogen-bond donors (Lipinski definition) is 0. The van der Waals surface area contributed by atoms with Crippen LogP contribution in [0.15, 0.2) is 146 Å². The molecule has 2 heterocycles. The SMILES string of the molecule is Cc1ccccc1-c1cccc(-c2ccc3c(c2)C(C)(C)c2cc4c5ccccc5n(-c5nc(C6=CCCC=C6)nc(-c6ccccc6)n5)c4cc2-3)c1C. The molecule has 2 aliphatic rings. The lowest BCUT2D eigenvalue weighted by atomic mass is 9.81. The molecule has 0 amide bonds. The van der Waals surface area contributed by atoms with Gasteiger partial charge in [-0.15, -0.1) is 0 Å². The second kappa shape index (κ2) is 12.3. The third-order valence-corrected chi connectivity index (χ3v) is 11.7. The van der Waals surface area contributed by atoms with Crippen molar-refractivity contribution in [3.63, 3.8) is 0 Å². The Bertz CT molecular complexity index is 2870. The molecule has 54 heavy (non-hydrogen) atoms. The Kier molecular flexibility index (Phi) is 7.38. The zero-order valence-corrected chi connectivity index (χ0v) is 31.1. The summed E-state index contributed by atoms with van der Waals surface area (Å²) in [5, 5.41) is 2.39. The van der Waals surface area contributed by atoms with Gasteiger partial charge in [-0.05, 0) is 107 Å². The summed E-state index contributed by atoms with van der Waals surface area (Å²) in [6.07, 6.45) is 8.59. The Hall–Kier alpha value is -6.39. The van der Waals surface area contributed by atoms with E-state index in [0.717, 1.165) is 35.0 Å². The van der Waals surface area contributed by atoms with Crippen molar-refractivity contribution in [2.75, 3.05) is 0 Å². The summed E-state index contributed by atoms with van der Waals surface area (Å²) in [5.41, 5.74) is 16.9. The summed E-state index contributed by atoms with van der Waals surface area (Å²) in [6, 6.07) is 46.2. The normalized spacial score (nSPS) is 14.3. The van der Waals surface area contributed by atoms with Crippen LogP contribution in [0.4, 0.5) is 0 Å². The average molecular weight is 697 g/mol. The third-order valence-electron chi connectivity index (χ3n) is 11.7. The predicted molar refractivity (Wildman–Crippen MR) is 224 cm³/mol. The molecular formula is C50H40N4. The van der Waals surface area contributed by atoms with E-state index in [9.17, 15) is 0 Å². The largest absolute Gasteiger partial charge is 0.278 e. The highest BCUT2D eigenvalue weighted by molar-refractivity contribution is 6.11. The van der Waals surface area contributed by atoms with Gasteiger partial charge in [-0.1, -0.05) is 135 Å². The molecule has 6 aromatic carbocycles. The molecule has 0 unspecified atom stereocenters. The smallest absolute Gasteiger partial charge is 0.238 e. The zero-order chi connectivity index (χ0) is 36.6. The van der Waals surface area contributed by atoms with Crippen LogP contribution in [0.1, 0.15) is 54.8 Å². The molecule has 0 saturated carbocycles. The minimum absolute atomic E-state index is 0.194. The number of hydrogen-bond acceptors (Lipinski definition) is 3. The number of para-hydroxylation sites is 1. The summed E-state index contributed by atoms with van der Waals surface area (Å²) in [7, 11) is 0. The number of rotatable bonds is 5. The minimum Gasteiger partial charge on any atom is -0.278 e. The lowest BCUT2D eigenvalue weighted by Gasteiger charge is -2.22. The van der Waals surface area contributed by atoms with Gasteiger partial charge in [0.05, 0.1) is 11.0 Å². The van der Waals surface area contributed by atoms with Crippen LogP contribution in [0.25, 0.3) is 78.1 Å². The Balaban J connectivity index is 1.17. The molecule has 4 nitrogen and oxygen atoms in total. The lowest BCUT2D eigenvalue weighted by molar-refractivity contribution is 0.661. The fourth-order valence-corrected chi connectivity index (χ4v) is 8.78. The van der Waals surface area contributed by atoms with Crippen molar-refractivity contribution in [3.05, 3.63) is 174 Å². The molecule has 2 aromatic heterocycles. The third kappa shape index (κ3) is 5.01. The monoisotopic (exact) mass is 696 g/mol. The molecule has 0 spiro atoms. The Labute approximate surface area is 316 Å². The van der Waals surface area contributed by atoms with Crippen LogP contribution in [-0.2, 0) is 5.41 Å². The highest BCUT2D eigenvalue weighted by Crippen LogP contribution is 2.52. The molecule has 2 aliphatic carbocycles. The molecule has 10 rings (SSSR count). The van der Waals surface area contributed by atoms with Gasteiger partial charge in [-0.2, -0.15) is 9.97 Å². The Morgan fingerprint density at radius 3 is 2.11 bits per heavy atom. The van der Waals surface area contributed by atoms with Gasteiger partial charge >= 0.3 is 0 Å². The molecule has 260 valence electrons. The van der Waals surface area contributed by atoms with Gasteiger partial charge in [0.2, 0.25) is 5.95 Å². The van der Waals surface area contributed by atoms with Gasteiger partial charge in [-0.25, -0.2) is 4.98 Å². The van der Waals surface area contributed by atoms with E-state index >= 15 is 0 Å². The standard InChI is InChI=1S/C50H40N4/c1-31-16-11-12-21-36(31)38-24-15-23-37(32(38)2)35-26-27-39-41-30-46-42(29-44(41)50(3,4)43(39)28-35)40-22-13-14-25-45(40)54(46)49-52-47(33-17-7-5-8-18-33)51-48(53-49)34-19-9-6-10-20-34/h5,7-9,11-30H,6,10H2,1-4H3. The van der Waals surface area contributed by atoms with E-state index < -0.39 is 0 Å². The van der Waals surface area contributed by atoms with E-state index in [1.807, 2.05) is 18.2 Å². The van der Waals surface area contributed by atoms with Crippen molar-refractivity contribution < 1.29 is 0 Å². The highest BCUT2D eigenvalue weighted by Gasteiger charge is 2.37. The zero-order valence-electron chi connectivity index (χ0n) is 31.1. The highest BCUT2D eigenvalue weighted by atomic mass is 15.2. The first-order valence-electron chi connectivity index (χ1n) is 18.9. The maximum absolute atomic E-state index is 5.20. The Morgan fingerprint density at radius 2 is 1.28 bits per heavy atom. The number of fused-ring (bicyclic) bond motifs is 6. The molecule has 8 aromatic rings. The van der Waals surface area contributed by atoms with Crippen LogP contribution in [0.2, 0.25) is 0 Å². The first-order valence-corrected chi connectivity index (χ1v) is 18.9. The predicted octanol–water partition coefficient (Wildman–Crippen LogP) is 12.6. The fraction of sp³-hybridized carbons (Fsp3) is 0.140. The van der Waals surface area contributed by atoms with E-state index in [0.29, 0.717) is 17.6 Å². The molecule has 0 bridgehead atoms. The average Bonchev–Trinajstić information content (AvgIpc) is 3.65. The van der Waals surface area contributed by atoms with Crippen molar-refractivity contribution in [1.29, 1.82) is 0 Å². The van der Waals surface area contributed by atoms with Crippen molar-refractivity contribution in [1.82, 2.24) is 19.5 Å². The van der Waals surface area contributed by atoms with Gasteiger partial charge < -0.3 is 0 Å². The van der Waals surface area contributed by atoms with Gasteiger partial charge in [-0.3, -0.25) is 4.57 Å². The number of benzene rings is 6. The summed E-state index contributed by atoms with van der Waals surface area (Å²) in [6.45, 7) is 9.20. The minimum atomic E-state index is -0.194. The molecule has 0 saturated heterocycles. The van der Waals surface area contributed by atoms with Crippen molar-refractivity contribution >= 4 is 27.4 Å². The Morgan fingerprint density at radius 1 is 0.537 bits per heavy atom. The molecular weight excluding hydrogens is 657 g/mol. The van der Waals surface area contributed by atoms with Gasteiger partial charge in [0.1, 0.15) is 0 Å². The van der Waals surface area contributed by atoms with Crippen LogP contribution >= 0.6 is 0 Å². The quantitative estimate of drug-likeness (QED) is 0.180. The van der Waals surface area contributed by atoms with Crippen molar-refractivity contribution in [2.24, 2.45) is 0 Å². The number of nitrogens with zero attached hydrogens (tertiary/aromatic N) is 4. The van der Waals surface area contributed by atoms with E-state index in [4.69, 9.17) is 15.0 Å². The van der Waals surface area contributed by atoms with Crippen molar-refractivity contribution in [2.45, 2.75) is 46.0 Å².